The molecule has 0 saturated heterocycles. The van der Waals surface area contributed by atoms with Crippen LogP contribution in [-0.2, 0) is 0 Å². The fraction of sp³-hybridized carbons (Fsp3) is 0.111. The maximum Gasteiger partial charge on any atom is 0.0762 e. The topological polar surface area (TPSA) is 25.8 Å². The minimum absolute atomic E-state index is 1.05. The fourth-order valence-electron chi connectivity index (χ4n) is 1.17. The van der Waals surface area contributed by atoms with Crippen molar-refractivity contribution in [3.8, 4) is 0 Å². The van der Waals surface area contributed by atoms with Crippen molar-refractivity contribution in [1.29, 1.82) is 0 Å². The Morgan fingerprint density at radius 3 is 2.92 bits per heavy atom. The molecule has 3 heteroatoms. The van der Waals surface area contributed by atoms with Crippen molar-refractivity contribution in [2.75, 3.05) is 0 Å². The molecule has 0 amide bonds. The van der Waals surface area contributed by atoms with Gasteiger partial charge in [0.25, 0.3) is 0 Å². The molecule has 2 rings (SSSR count). The van der Waals surface area contributed by atoms with E-state index in [0.29, 0.717) is 0 Å². The summed E-state index contributed by atoms with van der Waals surface area (Å²) in [5.74, 6) is 0. The number of hydrogen-bond donors (Lipinski definition) is 0. The van der Waals surface area contributed by atoms with E-state index in [-0.39, 0.29) is 0 Å². The molecular weight excluding hydrogens is 263 g/mol. The van der Waals surface area contributed by atoms with Crippen LogP contribution in [0, 0.1) is 10.5 Å². The fourth-order valence-corrected chi connectivity index (χ4v) is 1.65. The Hall–Kier alpha value is -0.710. The van der Waals surface area contributed by atoms with Gasteiger partial charge in [-0.3, -0.25) is 9.97 Å². The van der Waals surface area contributed by atoms with Gasteiger partial charge in [0, 0.05) is 27.5 Å². The lowest BCUT2D eigenvalue weighted by molar-refractivity contribution is 1.26. The Labute approximate surface area is 84.2 Å². The zero-order valence-electron chi connectivity index (χ0n) is 6.58. The first kappa shape index (κ1) is 7.91. The minimum Gasteiger partial charge on any atom is -0.264 e. The lowest BCUT2D eigenvalue weighted by atomic mass is 10.2. The summed E-state index contributed by atoms with van der Waals surface area (Å²) in [4.78, 5) is 8.44. The highest BCUT2D eigenvalue weighted by atomic mass is 127. The average molecular weight is 270 g/mol. The van der Waals surface area contributed by atoms with Crippen molar-refractivity contribution >= 4 is 33.5 Å². The third-order valence-electron chi connectivity index (χ3n) is 1.74. The molecule has 0 bridgehead atoms. The minimum atomic E-state index is 1.05. The van der Waals surface area contributed by atoms with E-state index in [1.165, 1.54) is 0 Å². The number of pyridine rings is 2. The Kier molecular flexibility index (Phi) is 1.96. The van der Waals surface area contributed by atoms with E-state index in [1.54, 1.807) is 0 Å². The molecule has 0 aliphatic rings. The second-order valence-electron chi connectivity index (χ2n) is 2.68. The lowest BCUT2D eigenvalue weighted by Gasteiger charge is -1.99. The summed E-state index contributed by atoms with van der Waals surface area (Å²) in [5.41, 5.74) is 2.18. The van der Waals surface area contributed by atoms with Crippen molar-refractivity contribution in [3.05, 3.63) is 33.8 Å². The Balaban J connectivity index is 2.86. The van der Waals surface area contributed by atoms with E-state index in [0.717, 1.165) is 20.0 Å². The Morgan fingerprint density at radius 1 is 1.25 bits per heavy atom. The number of aromatic nitrogens is 2. The van der Waals surface area contributed by atoms with E-state index in [1.807, 2.05) is 25.5 Å². The maximum absolute atomic E-state index is 4.33. The molecule has 0 spiro atoms. The van der Waals surface area contributed by atoms with E-state index < -0.39 is 0 Å². The number of halogens is 1. The largest absolute Gasteiger partial charge is 0.264 e. The predicted molar refractivity (Wildman–Crippen MR) is 57.0 cm³/mol. The zero-order valence-corrected chi connectivity index (χ0v) is 8.74. The molecule has 0 N–H and O–H groups in total. The normalized spacial score (nSPS) is 10.5. The second kappa shape index (κ2) is 2.97. The highest BCUT2D eigenvalue weighted by molar-refractivity contribution is 14.1. The summed E-state index contributed by atoms with van der Waals surface area (Å²) in [6, 6.07) is 2.09. The van der Waals surface area contributed by atoms with Gasteiger partial charge in [-0.15, -0.1) is 0 Å². The van der Waals surface area contributed by atoms with Crippen molar-refractivity contribution in [3.63, 3.8) is 0 Å². The molecule has 0 aromatic carbocycles. The van der Waals surface area contributed by atoms with Gasteiger partial charge < -0.3 is 0 Å². The second-order valence-corrected chi connectivity index (χ2v) is 3.93. The van der Waals surface area contributed by atoms with Crippen LogP contribution in [0.15, 0.2) is 24.7 Å². The Bertz CT molecular complexity index is 426. The molecular formula is C9H7IN2. The Morgan fingerprint density at radius 2 is 2.08 bits per heavy atom. The molecule has 60 valence electrons. The monoisotopic (exact) mass is 270 g/mol. The van der Waals surface area contributed by atoms with Gasteiger partial charge in [-0.25, -0.2) is 0 Å². The summed E-state index contributed by atoms with van der Waals surface area (Å²) < 4.78 is 1.15. The van der Waals surface area contributed by atoms with Crippen molar-refractivity contribution in [2.24, 2.45) is 0 Å². The smallest absolute Gasteiger partial charge is 0.0762 e. The molecule has 0 saturated carbocycles. The summed E-state index contributed by atoms with van der Waals surface area (Å²) in [7, 11) is 0. The van der Waals surface area contributed by atoms with Crippen molar-refractivity contribution < 1.29 is 0 Å². The quantitative estimate of drug-likeness (QED) is 0.687. The van der Waals surface area contributed by atoms with E-state index in [2.05, 4.69) is 38.6 Å². The number of hydrogen-bond acceptors (Lipinski definition) is 2. The van der Waals surface area contributed by atoms with Crippen LogP contribution >= 0.6 is 22.6 Å². The van der Waals surface area contributed by atoms with Crippen LogP contribution in [0.25, 0.3) is 10.9 Å². The molecule has 2 nitrogen and oxygen atoms in total. The third-order valence-corrected chi connectivity index (χ3v) is 2.33. The van der Waals surface area contributed by atoms with Gasteiger partial charge in [0.15, 0.2) is 0 Å². The van der Waals surface area contributed by atoms with E-state index in [4.69, 9.17) is 0 Å². The molecule has 2 heterocycles. The van der Waals surface area contributed by atoms with Crippen LogP contribution in [0.5, 0.6) is 0 Å². The van der Waals surface area contributed by atoms with E-state index >= 15 is 0 Å². The van der Waals surface area contributed by atoms with Gasteiger partial charge >= 0.3 is 0 Å². The zero-order chi connectivity index (χ0) is 8.55. The number of fused-ring (bicyclic) bond motifs is 1. The highest BCUT2D eigenvalue weighted by Crippen LogP contribution is 2.15. The van der Waals surface area contributed by atoms with Crippen LogP contribution in [-0.4, -0.2) is 9.97 Å². The molecule has 0 radical (unpaired) electrons. The van der Waals surface area contributed by atoms with Gasteiger partial charge in [0.2, 0.25) is 0 Å². The van der Waals surface area contributed by atoms with Gasteiger partial charge in [-0.2, -0.15) is 0 Å². The van der Waals surface area contributed by atoms with Crippen molar-refractivity contribution in [1.82, 2.24) is 9.97 Å². The van der Waals surface area contributed by atoms with Gasteiger partial charge in [0.1, 0.15) is 0 Å². The predicted octanol–water partition coefficient (Wildman–Crippen LogP) is 2.54. The summed E-state index contributed by atoms with van der Waals surface area (Å²) in [6.45, 7) is 2.02. The van der Waals surface area contributed by atoms with E-state index in [9.17, 15) is 0 Å². The number of aryl methyl sites for hydroxylation is 1. The molecule has 0 aliphatic carbocycles. The van der Waals surface area contributed by atoms with Gasteiger partial charge in [-0.05, 0) is 41.1 Å². The molecule has 2 aromatic heterocycles. The first-order valence-electron chi connectivity index (χ1n) is 3.63. The van der Waals surface area contributed by atoms with Crippen LogP contribution < -0.4 is 0 Å². The molecule has 0 fully saturated rings. The number of rotatable bonds is 0. The standard InChI is InChI=1S/C9H7IN2/c1-6-3-11-4-7-2-8(10)5-12-9(6)7/h2-5H,1H3. The van der Waals surface area contributed by atoms with Gasteiger partial charge in [-0.1, -0.05) is 0 Å². The summed E-state index contributed by atoms with van der Waals surface area (Å²) in [5, 5.41) is 1.11. The number of nitrogens with zero attached hydrogens (tertiary/aromatic N) is 2. The SMILES string of the molecule is Cc1cncc2cc(I)cnc12. The van der Waals surface area contributed by atoms with Gasteiger partial charge in [0.05, 0.1) is 5.52 Å². The molecule has 0 atom stereocenters. The van der Waals surface area contributed by atoms with Crippen molar-refractivity contribution in [2.45, 2.75) is 6.92 Å². The van der Waals surface area contributed by atoms with Crippen LogP contribution in [0.4, 0.5) is 0 Å². The summed E-state index contributed by atoms with van der Waals surface area (Å²) in [6.07, 6.45) is 5.55. The summed E-state index contributed by atoms with van der Waals surface area (Å²) >= 11 is 2.25. The first-order valence-corrected chi connectivity index (χ1v) is 4.71. The molecule has 2 aromatic rings. The average Bonchev–Trinajstić information content (AvgIpc) is 2.04. The van der Waals surface area contributed by atoms with Crippen LogP contribution in [0.2, 0.25) is 0 Å². The first-order chi connectivity index (χ1) is 5.77. The molecule has 12 heavy (non-hydrogen) atoms. The van der Waals surface area contributed by atoms with Crippen LogP contribution in [0.1, 0.15) is 5.56 Å². The molecule has 0 aliphatic heterocycles. The van der Waals surface area contributed by atoms with Crippen LogP contribution in [0.3, 0.4) is 0 Å². The lowest BCUT2D eigenvalue weighted by Crippen LogP contribution is -1.85. The highest BCUT2D eigenvalue weighted by Gasteiger charge is 1.98. The third kappa shape index (κ3) is 1.29. The maximum atomic E-state index is 4.33. The molecule has 0 unspecified atom stereocenters.